The molecule has 2 heteroatoms. The Morgan fingerprint density at radius 1 is 1.67 bits per heavy atom. The summed E-state index contributed by atoms with van der Waals surface area (Å²) in [6, 6.07) is 4.15. The predicted octanol–water partition coefficient (Wildman–Crippen LogP) is 2.25. The van der Waals surface area contributed by atoms with E-state index < -0.39 is 0 Å². The Balaban J connectivity index is 2.42. The molecule has 0 bridgehead atoms. The van der Waals surface area contributed by atoms with E-state index in [1.807, 2.05) is 19.9 Å². The zero-order valence-electron chi connectivity index (χ0n) is 7.42. The van der Waals surface area contributed by atoms with Crippen molar-refractivity contribution in [1.82, 2.24) is 5.32 Å². The molecule has 1 rings (SSSR count). The second-order valence-electron chi connectivity index (χ2n) is 3.20. The molecule has 0 spiro atoms. The molecule has 0 aliphatic rings. The SMILES string of the molecule is C#CC(C)(C)NCc1cccs1. The van der Waals surface area contributed by atoms with Gasteiger partial charge in [-0.2, -0.15) is 0 Å². The maximum Gasteiger partial charge on any atom is 0.0744 e. The molecule has 0 aliphatic heterocycles. The molecule has 0 amide bonds. The molecule has 1 heterocycles. The number of hydrogen-bond acceptors (Lipinski definition) is 2. The summed E-state index contributed by atoms with van der Waals surface area (Å²) < 4.78 is 0. The summed E-state index contributed by atoms with van der Waals surface area (Å²) in [5.41, 5.74) is -0.204. The van der Waals surface area contributed by atoms with Crippen molar-refractivity contribution >= 4 is 11.3 Å². The van der Waals surface area contributed by atoms with Crippen molar-refractivity contribution in [2.75, 3.05) is 0 Å². The summed E-state index contributed by atoms with van der Waals surface area (Å²) in [7, 11) is 0. The van der Waals surface area contributed by atoms with Gasteiger partial charge in [-0.25, -0.2) is 0 Å². The van der Waals surface area contributed by atoms with Gasteiger partial charge in [0.25, 0.3) is 0 Å². The summed E-state index contributed by atoms with van der Waals surface area (Å²) in [6.45, 7) is 4.86. The van der Waals surface area contributed by atoms with Gasteiger partial charge in [-0.1, -0.05) is 12.0 Å². The van der Waals surface area contributed by atoms with Crippen LogP contribution in [-0.4, -0.2) is 5.54 Å². The zero-order chi connectivity index (χ0) is 9.03. The first-order valence-corrected chi connectivity index (χ1v) is 4.77. The van der Waals surface area contributed by atoms with E-state index >= 15 is 0 Å². The minimum absolute atomic E-state index is 0.204. The third-order valence-corrected chi connectivity index (χ3v) is 2.52. The monoisotopic (exact) mass is 179 g/mol. The molecule has 0 unspecified atom stereocenters. The lowest BCUT2D eigenvalue weighted by molar-refractivity contribution is 0.494. The first kappa shape index (κ1) is 9.31. The topological polar surface area (TPSA) is 12.0 Å². The quantitative estimate of drug-likeness (QED) is 0.702. The third-order valence-electron chi connectivity index (χ3n) is 1.65. The predicted molar refractivity (Wildman–Crippen MR) is 54.1 cm³/mol. The number of rotatable bonds is 3. The first-order chi connectivity index (χ1) is 5.64. The molecule has 0 aromatic carbocycles. The van der Waals surface area contributed by atoms with Crippen LogP contribution < -0.4 is 5.32 Å². The molecule has 1 nitrogen and oxygen atoms in total. The molecule has 12 heavy (non-hydrogen) atoms. The average molecular weight is 179 g/mol. The highest BCUT2D eigenvalue weighted by molar-refractivity contribution is 7.09. The van der Waals surface area contributed by atoms with Crippen molar-refractivity contribution < 1.29 is 0 Å². The molecular weight excluding hydrogens is 166 g/mol. The number of nitrogens with one attached hydrogen (secondary N) is 1. The van der Waals surface area contributed by atoms with E-state index in [-0.39, 0.29) is 5.54 Å². The second kappa shape index (κ2) is 3.75. The second-order valence-corrected chi connectivity index (χ2v) is 4.23. The summed E-state index contributed by atoms with van der Waals surface area (Å²) in [4.78, 5) is 1.32. The van der Waals surface area contributed by atoms with Crippen LogP contribution in [0.5, 0.6) is 0 Å². The Labute approximate surface area is 77.8 Å². The molecule has 1 N–H and O–H groups in total. The molecule has 0 fully saturated rings. The van der Waals surface area contributed by atoms with Crippen molar-refractivity contribution in [3.05, 3.63) is 22.4 Å². The summed E-state index contributed by atoms with van der Waals surface area (Å²) >= 11 is 1.74. The highest BCUT2D eigenvalue weighted by Crippen LogP contribution is 2.09. The van der Waals surface area contributed by atoms with Gasteiger partial charge in [0.1, 0.15) is 0 Å². The highest BCUT2D eigenvalue weighted by Gasteiger charge is 2.11. The van der Waals surface area contributed by atoms with E-state index in [1.54, 1.807) is 11.3 Å². The summed E-state index contributed by atoms with van der Waals surface area (Å²) in [5, 5.41) is 5.35. The van der Waals surface area contributed by atoms with Gasteiger partial charge in [0.05, 0.1) is 5.54 Å². The minimum Gasteiger partial charge on any atom is -0.297 e. The van der Waals surface area contributed by atoms with Crippen molar-refractivity contribution in [1.29, 1.82) is 0 Å². The van der Waals surface area contributed by atoms with E-state index in [4.69, 9.17) is 6.42 Å². The molecule has 0 radical (unpaired) electrons. The fraction of sp³-hybridized carbons (Fsp3) is 0.400. The van der Waals surface area contributed by atoms with Crippen LogP contribution in [0.3, 0.4) is 0 Å². The van der Waals surface area contributed by atoms with Crippen molar-refractivity contribution in [2.24, 2.45) is 0 Å². The molecule has 0 saturated heterocycles. The molecule has 64 valence electrons. The van der Waals surface area contributed by atoms with Crippen LogP contribution in [0, 0.1) is 12.3 Å². The van der Waals surface area contributed by atoms with E-state index in [1.165, 1.54) is 4.88 Å². The number of terminal acetylenes is 1. The van der Waals surface area contributed by atoms with Crippen LogP contribution in [0.25, 0.3) is 0 Å². The zero-order valence-corrected chi connectivity index (χ0v) is 8.24. The molecule has 0 aliphatic carbocycles. The minimum atomic E-state index is -0.204. The summed E-state index contributed by atoms with van der Waals surface area (Å²) in [6.07, 6.45) is 5.34. The lowest BCUT2D eigenvalue weighted by atomic mass is 10.1. The van der Waals surface area contributed by atoms with Gasteiger partial charge in [-0.05, 0) is 25.3 Å². The maximum absolute atomic E-state index is 5.34. The lowest BCUT2D eigenvalue weighted by Gasteiger charge is -2.18. The van der Waals surface area contributed by atoms with Gasteiger partial charge < -0.3 is 0 Å². The highest BCUT2D eigenvalue weighted by atomic mass is 32.1. The molecule has 1 aromatic rings. The van der Waals surface area contributed by atoms with Crippen LogP contribution in [0.2, 0.25) is 0 Å². The number of thiophene rings is 1. The van der Waals surface area contributed by atoms with Crippen molar-refractivity contribution in [3.8, 4) is 12.3 Å². The Morgan fingerprint density at radius 3 is 2.92 bits per heavy atom. The first-order valence-electron chi connectivity index (χ1n) is 3.89. The van der Waals surface area contributed by atoms with E-state index in [0.29, 0.717) is 0 Å². The van der Waals surface area contributed by atoms with Crippen LogP contribution in [0.1, 0.15) is 18.7 Å². The Bertz CT molecular complexity index is 267. The Hall–Kier alpha value is -0.780. The van der Waals surface area contributed by atoms with Crippen molar-refractivity contribution in [3.63, 3.8) is 0 Å². The number of hydrogen-bond donors (Lipinski definition) is 1. The molecule has 1 aromatic heterocycles. The fourth-order valence-electron chi connectivity index (χ4n) is 0.772. The lowest BCUT2D eigenvalue weighted by Crippen LogP contribution is -2.36. The molecular formula is C10H13NS. The van der Waals surface area contributed by atoms with Crippen LogP contribution >= 0.6 is 11.3 Å². The third kappa shape index (κ3) is 2.69. The largest absolute Gasteiger partial charge is 0.297 e. The van der Waals surface area contributed by atoms with Gasteiger partial charge in [-0.15, -0.1) is 17.8 Å². The van der Waals surface area contributed by atoms with Crippen LogP contribution in [0.4, 0.5) is 0 Å². The van der Waals surface area contributed by atoms with Crippen LogP contribution in [-0.2, 0) is 6.54 Å². The van der Waals surface area contributed by atoms with Gasteiger partial charge in [-0.3, -0.25) is 5.32 Å². The normalized spacial score (nSPS) is 11.1. The van der Waals surface area contributed by atoms with E-state index in [2.05, 4.69) is 22.7 Å². The fourth-order valence-corrected chi connectivity index (χ4v) is 1.42. The van der Waals surface area contributed by atoms with Gasteiger partial charge in [0.15, 0.2) is 0 Å². The van der Waals surface area contributed by atoms with Gasteiger partial charge >= 0.3 is 0 Å². The van der Waals surface area contributed by atoms with Gasteiger partial charge in [0.2, 0.25) is 0 Å². The Morgan fingerprint density at radius 2 is 2.42 bits per heavy atom. The smallest absolute Gasteiger partial charge is 0.0744 e. The van der Waals surface area contributed by atoms with Crippen molar-refractivity contribution in [2.45, 2.75) is 25.9 Å². The van der Waals surface area contributed by atoms with Crippen LogP contribution in [0.15, 0.2) is 17.5 Å². The maximum atomic E-state index is 5.34. The van der Waals surface area contributed by atoms with E-state index in [9.17, 15) is 0 Å². The summed E-state index contributed by atoms with van der Waals surface area (Å²) in [5.74, 6) is 2.70. The van der Waals surface area contributed by atoms with Gasteiger partial charge in [0, 0.05) is 11.4 Å². The van der Waals surface area contributed by atoms with E-state index in [0.717, 1.165) is 6.54 Å². The average Bonchev–Trinajstić information content (AvgIpc) is 2.53. The molecule has 0 atom stereocenters. The standard InChI is InChI=1S/C10H13NS/c1-4-10(2,3)11-8-9-6-5-7-12-9/h1,5-7,11H,8H2,2-3H3. The Kier molecular flexibility index (Phi) is 2.91. The molecule has 0 saturated carbocycles.